The van der Waals surface area contributed by atoms with Crippen LogP contribution in [0.4, 0.5) is 5.82 Å². The molecule has 0 fully saturated rings. The van der Waals surface area contributed by atoms with E-state index in [1.807, 2.05) is 24.3 Å². The molecule has 6 N–H and O–H groups in total. The van der Waals surface area contributed by atoms with Gasteiger partial charge >= 0.3 is 0 Å². The zero-order valence-corrected chi connectivity index (χ0v) is 16.6. The number of nitrogens with two attached hydrogens (primary N) is 2. The maximum atomic E-state index is 12.9. The Balaban J connectivity index is 1.58. The third kappa shape index (κ3) is 3.80. The van der Waals surface area contributed by atoms with E-state index < -0.39 is 0 Å². The first-order valence-electron chi connectivity index (χ1n) is 9.68. The van der Waals surface area contributed by atoms with Crippen molar-refractivity contribution in [3.8, 4) is 11.3 Å². The summed E-state index contributed by atoms with van der Waals surface area (Å²) >= 11 is 0. The van der Waals surface area contributed by atoms with Gasteiger partial charge in [0.05, 0.1) is 17.9 Å². The molecule has 30 heavy (non-hydrogen) atoms. The number of benzene rings is 2. The molecule has 0 saturated carbocycles. The van der Waals surface area contributed by atoms with E-state index in [9.17, 15) is 4.79 Å². The van der Waals surface area contributed by atoms with Crippen molar-refractivity contribution < 1.29 is 4.79 Å². The van der Waals surface area contributed by atoms with Gasteiger partial charge in [0.15, 0.2) is 11.7 Å². The van der Waals surface area contributed by atoms with Crippen LogP contribution in [0.3, 0.4) is 0 Å². The van der Waals surface area contributed by atoms with Gasteiger partial charge in [0, 0.05) is 18.2 Å². The van der Waals surface area contributed by atoms with Gasteiger partial charge in [-0.2, -0.15) is 5.10 Å². The third-order valence-corrected chi connectivity index (χ3v) is 5.13. The molecular formula is C22H23N7O. The van der Waals surface area contributed by atoms with E-state index in [1.54, 1.807) is 25.4 Å². The molecule has 0 bridgehead atoms. The lowest BCUT2D eigenvalue weighted by molar-refractivity contribution is 0.0937. The van der Waals surface area contributed by atoms with Gasteiger partial charge in [0.25, 0.3) is 5.91 Å². The lowest BCUT2D eigenvalue weighted by atomic mass is 10.1. The molecule has 1 amide bonds. The predicted octanol–water partition coefficient (Wildman–Crippen LogP) is 1.98. The molecule has 1 atom stereocenters. The topological polar surface area (TPSA) is 131 Å². The van der Waals surface area contributed by atoms with E-state index in [4.69, 9.17) is 11.5 Å². The molecule has 1 aromatic heterocycles. The monoisotopic (exact) mass is 401 g/mol. The fourth-order valence-electron chi connectivity index (χ4n) is 3.67. The summed E-state index contributed by atoms with van der Waals surface area (Å²) in [5.41, 5.74) is 19.0. The highest BCUT2D eigenvalue weighted by molar-refractivity contribution is 6.00. The molecule has 0 saturated heterocycles. The second-order valence-electron chi connectivity index (χ2n) is 7.05. The van der Waals surface area contributed by atoms with E-state index >= 15 is 0 Å². The fourth-order valence-corrected chi connectivity index (χ4v) is 3.67. The lowest BCUT2D eigenvalue weighted by Gasteiger charge is -2.14. The van der Waals surface area contributed by atoms with Crippen molar-refractivity contribution in [1.82, 2.24) is 20.7 Å². The van der Waals surface area contributed by atoms with Crippen LogP contribution < -0.4 is 22.2 Å². The number of nitrogens with zero attached hydrogens (tertiary/aromatic N) is 3. The number of aryl methyl sites for hydroxylation is 1. The number of amides is 1. The Morgan fingerprint density at radius 2 is 2.03 bits per heavy atom. The van der Waals surface area contributed by atoms with Crippen molar-refractivity contribution in [2.24, 2.45) is 10.8 Å². The molecule has 3 aromatic rings. The molecule has 0 aliphatic heterocycles. The highest BCUT2D eigenvalue weighted by atomic mass is 16.1. The van der Waals surface area contributed by atoms with Crippen LogP contribution in [0.15, 0.2) is 59.8 Å². The summed E-state index contributed by atoms with van der Waals surface area (Å²) in [6, 6.07) is 15.5. The SMILES string of the molecule is CNN=C(N)c1nc(-c2cccc(C(=O)NC3CCc4ccccc43)c2)cnc1N. The summed E-state index contributed by atoms with van der Waals surface area (Å²) in [7, 11) is 1.63. The number of hydrazone groups is 1. The standard InChI is InChI=1S/C22H23N7O/c1-25-29-21(24)19-20(23)26-12-18(27-19)14-6-4-7-15(11-14)22(30)28-17-10-9-13-5-2-3-8-16(13)17/h2-8,11-12,17,25H,9-10H2,1H3,(H2,23,26)(H2,24,29)(H,28,30). The smallest absolute Gasteiger partial charge is 0.251 e. The van der Waals surface area contributed by atoms with Gasteiger partial charge in [-0.15, -0.1) is 0 Å². The maximum absolute atomic E-state index is 12.9. The van der Waals surface area contributed by atoms with E-state index in [-0.39, 0.29) is 23.6 Å². The first-order valence-corrected chi connectivity index (χ1v) is 9.68. The zero-order chi connectivity index (χ0) is 21.1. The van der Waals surface area contributed by atoms with Gasteiger partial charge in [-0.1, -0.05) is 36.4 Å². The van der Waals surface area contributed by atoms with E-state index in [0.29, 0.717) is 17.0 Å². The molecule has 0 spiro atoms. The Labute approximate surface area is 174 Å². The van der Waals surface area contributed by atoms with Crippen LogP contribution in [-0.4, -0.2) is 28.8 Å². The molecule has 152 valence electrons. The van der Waals surface area contributed by atoms with Crippen LogP contribution in [0.1, 0.15) is 39.6 Å². The Kier molecular flexibility index (Phi) is 5.30. The van der Waals surface area contributed by atoms with Gasteiger partial charge in [0.2, 0.25) is 0 Å². The second-order valence-corrected chi connectivity index (χ2v) is 7.05. The molecule has 4 rings (SSSR count). The summed E-state index contributed by atoms with van der Waals surface area (Å²) in [6.45, 7) is 0. The average molecular weight is 401 g/mol. The largest absolute Gasteiger partial charge is 0.382 e. The molecule has 1 heterocycles. The number of hydrogen-bond acceptors (Lipinski definition) is 6. The minimum atomic E-state index is -0.126. The summed E-state index contributed by atoms with van der Waals surface area (Å²) in [6.07, 6.45) is 3.43. The number of carbonyl (C=O) groups excluding carboxylic acids is 1. The molecule has 8 heteroatoms. The third-order valence-electron chi connectivity index (χ3n) is 5.13. The average Bonchev–Trinajstić information content (AvgIpc) is 3.17. The Bertz CT molecular complexity index is 1130. The lowest BCUT2D eigenvalue weighted by Crippen LogP contribution is -2.27. The van der Waals surface area contributed by atoms with E-state index in [0.717, 1.165) is 18.4 Å². The fraction of sp³-hybridized carbons (Fsp3) is 0.182. The zero-order valence-electron chi connectivity index (χ0n) is 16.6. The van der Waals surface area contributed by atoms with Crippen LogP contribution in [0.2, 0.25) is 0 Å². The van der Waals surface area contributed by atoms with E-state index in [1.165, 1.54) is 11.1 Å². The molecule has 0 radical (unpaired) electrons. The number of nitrogens with one attached hydrogen (secondary N) is 2. The van der Waals surface area contributed by atoms with Crippen molar-refractivity contribution >= 4 is 17.6 Å². The molecule has 1 aliphatic rings. The Morgan fingerprint density at radius 3 is 2.87 bits per heavy atom. The Hall–Kier alpha value is -3.94. The van der Waals surface area contributed by atoms with Crippen LogP contribution >= 0.6 is 0 Å². The van der Waals surface area contributed by atoms with Crippen molar-refractivity contribution in [3.05, 3.63) is 77.1 Å². The summed E-state index contributed by atoms with van der Waals surface area (Å²) in [5, 5.41) is 7.05. The highest BCUT2D eigenvalue weighted by Crippen LogP contribution is 2.31. The number of carbonyl (C=O) groups is 1. The number of nitrogen functional groups attached to an aromatic ring is 1. The van der Waals surface area contributed by atoms with Gasteiger partial charge in [0.1, 0.15) is 5.69 Å². The van der Waals surface area contributed by atoms with Crippen LogP contribution in [0.25, 0.3) is 11.3 Å². The molecule has 2 aromatic carbocycles. The van der Waals surface area contributed by atoms with Crippen LogP contribution in [0, 0.1) is 0 Å². The number of anilines is 1. The highest BCUT2D eigenvalue weighted by Gasteiger charge is 2.24. The quantitative estimate of drug-likeness (QED) is 0.294. The summed E-state index contributed by atoms with van der Waals surface area (Å²) in [4.78, 5) is 21.5. The predicted molar refractivity (Wildman–Crippen MR) is 117 cm³/mol. The molecular weight excluding hydrogens is 378 g/mol. The number of aromatic nitrogens is 2. The van der Waals surface area contributed by atoms with Crippen molar-refractivity contribution in [3.63, 3.8) is 0 Å². The first-order chi connectivity index (χ1) is 14.6. The van der Waals surface area contributed by atoms with Gasteiger partial charge in [-0.05, 0) is 36.1 Å². The van der Waals surface area contributed by atoms with E-state index in [2.05, 4.69) is 37.9 Å². The molecule has 1 aliphatic carbocycles. The normalized spacial score (nSPS) is 15.5. The van der Waals surface area contributed by atoms with Crippen molar-refractivity contribution in [1.29, 1.82) is 0 Å². The Morgan fingerprint density at radius 1 is 1.20 bits per heavy atom. The molecule has 8 nitrogen and oxygen atoms in total. The number of amidine groups is 1. The van der Waals surface area contributed by atoms with Crippen LogP contribution in [0.5, 0.6) is 0 Å². The second kappa shape index (κ2) is 8.20. The number of fused-ring (bicyclic) bond motifs is 1. The van der Waals surface area contributed by atoms with Gasteiger partial charge < -0.3 is 22.2 Å². The first kappa shape index (κ1) is 19.4. The minimum absolute atomic E-state index is 0.0258. The number of rotatable bonds is 5. The van der Waals surface area contributed by atoms with Gasteiger partial charge in [-0.3, -0.25) is 4.79 Å². The minimum Gasteiger partial charge on any atom is -0.382 e. The van der Waals surface area contributed by atoms with Crippen LogP contribution in [-0.2, 0) is 6.42 Å². The number of hydrogen-bond donors (Lipinski definition) is 4. The maximum Gasteiger partial charge on any atom is 0.251 e. The van der Waals surface area contributed by atoms with Crippen molar-refractivity contribution in [2.45, 2.75) is 18.9 Å². The summed E-state index contributed by atoms with van der Waals surface area (Å²) in [5.74, 6) is 0.195. The van der Waals surface area contributed by atoms with Gasteiger partial charge in [-0.25, -0.2) is 9.97 Å². The molecule has 1 unspecified atom stereocenters. The summed E-state index contributed by atoms with van der Waals surface area (Å²) < 4.78 is 0. The van der Waals surface area contributed by atoms with Crippen molar-refractivity contribution in [2.75, 3.05) is 12.8 Å².